The minimum absolute atomic E-state index is 0.135. The first-order valence-corrected chi connectivity index (χ1v) is 12.2. The lowest BCUT2D eigenvalue weighted by molar-refractivity contribution is -0.190. The molecule has 1 aliphatic carbocycles. The maximum absolute atomic E-state index is 12.3. The van der Waals surface area contributed by atoms with Crippen molar-refractivity contribution < 1.29 is 14.6 Å². The molecule has 2 N–H and O–H groups in total. The van der Waals surface area contributed by atoms with Gasteiger partial charge in [-0.3, -0.25) is 4.79 Å². The summed E-state index contributed by atoms with van der Waals surface area (Å²) < 4.78 is 6.18. The number of piperidine rings is 1. The topological polar surface area (TPSA) is 65.0 Å². The Kier molecular flexibility index (Phi) is 10.5. The summed E-state index contributed by atoms with van der Waals surface area (Å²) in [5.74, 6) is 0.626. The smallest absolute Gasteiger partial charge is 0.251 e. The Morgan fingerprint density at radius 3 is 2.55 bits per heavy atom. The molecule has 6 heteroatoms. The number of nitrogens with zero attached hydrogens (tertiary/aromatic N) is 2. The number of carbonyl (C=O) groups is 1. The van der Waals surface area contributed by atoms with Gasteiger partial charge in [0.2, 0.25) is 0 Å². The van der Waals surface area contributed by atoms with E-state index in [4.69, 9.17) is 4.74 Å². The number of likely N-dealkylation sites (tertiary alicyclic amines) is 1. The number of hydrogen-bond donors (Lipinski definition) is 2. The highest BCUT2D eigenvalue weighted by Gasteiger charge is 2.48. The predicted molar refractivity (Wildman–Crippen MR) is 127 cm³/mol. The van der Waals surface area contributed by atoms with E-state index in [1.807, 2.05) is 19.9 Å². The summed E-state index contributed by atoms with van der Waals surface area (Å²) in [6, 6.07) is 0.476. The molecule has 0 aromatic carbocycles. The van der Waals surface area contributed by atoms with Gasteiger partial charge in [-0.2, -0.15) is 0 Å². The van der Waals surface area contributed by atoms with Gasteiger partial charge in [0.05, 0.1) is 17.9 Å². The van der Waals surface area contributed by atoms with Crippen molar-refractivity contribution in [3.63, 3.8) is 0 Å². The van der Waals surface area contributed by atoms with Gasteiger partial charge in [0.15, 0.2) is 0 Å². The van der Waals surface area contributed by atoms with Crippen LogP contribution in [-0.2, 0) is 9.53 Å². The second-order valence-corrected chi connectivity index (χ2v) is 9.38. The molecular weight excluding hydrogens is 390 g/mol. The standard InChI is InChI=1S/C18H30N2O3.C7H15N/c1-13(14(2)21)6-9-19-10-7-18(8-11-19)12-20(16-4-5-16)17(22)15(3)23-18;1-3-5-6-7-8-4-2/h15-16,21H,4-12H2,1-3H3;3,8H,1,4-7H2,2H3/b14-13-;. The molecule has 6 nitrogen and oxygen atoms in total. The number of rotatable bonds is 9. The third-order valence-electron chi connectivity index (χ3n) is 6.70. The molecule has 1 amide bonds. The summed E-state index contributed by atoms with van der Waals surface area (Å²) in [5, 5.41) is 12.7. The van der Waals surface area contributed by atoms with Crippen LogP contribution >= 0.6 is 0 Å². The van der Waals surface area contributed by atoms with Gasteiger partial charge in [0, 0.05) is 25.7 Å². The van der Waals surface area contributed by atoms with E-state index in [0.717, 1.165) is 83.4 Å². The molecule has 3 aliphatic rings. The van der Waals surface area contributed by atoms with E-state index >= 15 is 0 Å². The van der Waals surface area contributed by atoms with Crippen molar-refractivity contribution in [1.82, 2.24) is 15.1 Å². The molecule has 1 atom stereocenters. The summed E-state index contributed by atoms with van der Waals surface area (Å²) in [6.45, 7) is 17.4. The van der Waals surface area contributed by atoms with Crippen molar-refractivity contribution in [2.24, 2.45) is 0 Å². The lowest BCUT2D eigenvalue weighted by Gasteiger charge is -2.49. The minimum Gasteiger partial charge on any atom is -0.513 e. The molecule has 0 aromatic rings. The van der Waals surface area contributed by atoms with Crippen LogP contribution in [0.3, 0.4) is 0 Å². The fraction of sp³-hybridized carbons (Fsp3) is 0.800. The molecule has 3 fully saturated rings. The lowest BCUT2D eigenvalue weighted by Crippen LogP contribution is -2.61. The lowest BCUT2D eigenvalue weighted by atomic mass is 9.88. The van der Waals surface area contributed by atoms with Crippen LogP contribution in [0.5, 0.6) is 0 Å². The van der Waals surface area contributed by atoms with E-state index in [1.54, 1.807) is 6.92 Å². The molecule has 2 aliphatic heterocycles. The van der Waals surface area contributed by atoms with Crippen molar-refractivity contribution in [2.75, 3.05) is 39.3 Å². The first-order chi connectivity index (χ1) is 14.8. The maximum atomic E-state index is 12.3. The van der Waals surface area contributed by atoms with E-state index in [0.29, 0.717) is 11.8 Å². The molecule has 2 saturated heterocycles. The third kappa shape index (κ3) is 8.24. The molecule has 2 heterocycles. The second kappa shape index (κ2) is 12.6. The van der Waals surface area contributed by atoms with Gasteiger partial charge in [0.25, 0.3) is 5.91 Å². The molecule has 3 rings (SSSR count). The zero-order valence-electron chi connectivity index (χ0n) is 20.3. The average molecular weight is 436 g/mol. The third-order valence-corrected chi connectivity index (χ3v) is 6.70. The molecule has 0 bridgehead atoms. The molecule has 178 valence electrons. The van der Waals surface area contributed by atoms with Crippen LogP contribution in [0.4, 0.5) is 0 Å². The summed E-state index contributed by atoms with van der Waals surface area (Å²) in [5.41, 5.74) is 0.933. The van der Waals surface area contributed by atoms with E-state index < -0.39 is 0 Å². The number of amides is 1. The van der Waals surface area contributed by atoms with Crippen molar-refractivity contribution in [2.45, 2.75) is 90.4 Å². The van der Waals surface area contributed by atoms with Crippen LogP contribution in [-0.4, -0.2) is 77.8 Å². The van der Waals surface area contributed by atoms with E-state index in [1.165, 1.54) is 6.42 Å². The number of morpholine rings is 1. The fourth-order valence-corrected chi connectivity index (χ4v) is 4.29. The predicted octanol–water partition coefficient (Wildman–Crippen LogP) is 4.03. The molecule has 1 unspecified atom stereocenters. The fourth-order valence-electron chi connectivity index (χ4n) is 4.29. The Bertz CT molecular complexity index is 603. The van der Waals surface area contributed by atoms with E-state index in [2.05, 4.69) is 28.6 Å². The maximum Gasteiger partial charge on any atom is 0.251 e. The average Bonchev–Trinajstić information content (AvgIpc) is 3.59. The summed E-state index contributed by atoms with van der Waals surface area (Å²) >= 11 is 0. The largest absolute Gasteiger partial charge is 0.513 e. The van der Waals surface area contributed by atoms with Crippen LogP contribution in [0.1, 0.15) is 72.6 Å². The number of nitrogens with one attached hydrogen (secondary N) is 1. The first-order valence-electron chi connectivity index (χ1n) is 12.2. The van der Waals surface area contributed by atoms with Crippen molar-refractivity contribution in [1.29, 1.82) is 0 Å². The summed E-state index contributed by atoms with van der Waals surface area (Å²) in [4.78, 5) is 16.8. The quantitative estimate of drug-likeness (QED) is 0.325. The summed E-state index contributed by atoms with van der Waals surface area (Å²) in [6.07, 6.45) is 9.24. The number of carbonyl (C=O) groups excluding carboxylic acids is 1. The van der Waals surface area contributed by atoms with Gasteiger partial charge in [-0.1, -0.05) is 13.0 Å². The Morgan fingerprint density at radius 1 is 1.32 bits per heavy atom. The Hall–Kier alpha value is -1.37. The van der Waals surface area contributed by atoms with E-state index in [9.17, 15) is 9.90 Å². The zero-order chi connectivity index (χ0) is 22.9. The van der Waals surface area contributed by atoms with E-state index in [-0.39, 0.29) is 17.6 Å². The number of aliphatic hydroxyl groups excluding tert-OH is 1. The van der Waals surface area contributed by atoms with Gasteiger partial charge < -0.3 is 25.0 Å². The van der Waals surface area contributed by atoms with Crippen molar-refractivity contribution in [3.8, 4) is 0 Å². The SMILES string of the molecule is C/C(O)=C(\C)CCN1CCC2(CC1)CN(C1CC1)C(=O)C(C)O2.C=CCCCNCC. The van der Waals surface area contributed by atoms with Gasteiger partial charge in [0.1, 0.15) is 6.10 Å². The second-order valence-electron chi connectivity index (χ2n) is 9.38. The van der Waals surface area contributed by atoms with Gasteiger partial charge >= 0.3 is 0 Å². The highest BCUT2D eigenvalue weighted by atomic mass is 16.5. The Labute approximate surface area is 189 Å². The first kappa shape index (κ1) is 25.9. The monoisotopic (exact) mass is 435 g/mol. The van der Waals surface area contributed by atoms with Crippen LogP contribution in [0.25, 0.3) is 0 Å². The molecular formula is C25H45N3O3. The van der Waals surface area contributed by atoms with Crippen molar-refractivity contribution in [3.05, 3.63) is 24.0 Å². The minimum atomic E-state index is -0.293. The molecule has 0 aromatic heterocycles. The van der Waals surface area contributed by atoms with Gasteiger partial charge in [-0.25, -0.2) is 0 Å². The summed E-state index contributed by atoms with van der Waals surface area (Å²) in [7, 11) is 0. The Balaban J connectivity index is 0.000000366. The number of hydrogen-bond acceptors (Lipinski definition) is 5. The molecule has 1 saturated carbocycles. The van der Waals surface area contributed by atoms with Crippen LogP contribution in [0, 0.1) is 0 Å². The molecule has 0 radical (unpaired) electrons. The van der Waals surface area contributed by atoms with Gasteiger partial charge in [-0.05, 0) is 84.4 Å². The van der Waals surface area contributed by atoms with Crippen LogP contribution < -0.4 is 5.32 Å². The number of unbranched alkanes of at least 4 members (excludes halogenated alkanes) is 1. The number of ether oxygens (including phenoxy) is 1. The Morgan fingerprint density at radius 2 is 2.00 bits per heavy atom. The normalized spacial score (nSPS) is 24.5. The van der Waals surface area contributed by atoms with Crippen LogP contribution in [0.15, 0.2) is 24.0 Å². The number of allylic oxidation sites excluding steroid dienone is 2. The zero-order valence-corrected chi connectivity index (χ0v) is 20.3. The highest BCUT2D eigenvalue weighted by Crippen LogP contribution is 2.38. The van der Waals surface area contributed by atoms with Gasteiger partial charge in [-0.15, -0.1) is 6.58 Å². The van der Waals surface area contributed by atoms with Crippen molar-refractivity contribution >= 4 is 5.91 Å². The van der Waals surface area contributed by atoms with Crippen LogP contribution in [0.2, 0.25) is 0 Å². The highest BCUT2D eigenvalue weighted by molar-refractivity contribution is 5.82. The molecule has 31 heavy (non-hydrogen) atoms. The number of aliphatic hydroxyl groups is 1. The molecule has 1 spiro atoms.